The van der Waals surface area contributed by atoms with E-state index in [0.29, 0.717) is 22.6 Å². The van der Waals surface area contributed by atoms with Gasteiger partial charge in [-0.1, -0.05) is 15.9 Å². The minimum atomic E-state index is -0.617. The van der Waals surface area contributed by atoms with Gasteiger partial charge in [-0.3, -0.25) is 4.90 Å². The lowest BCUT2D eigenvalue weighted by atomic mass is 9.94. The standard InChI is InChI=1S/C18H21BrN2O4/c1-4-25-17(22)15-10(2)21(12-6-7-12)18(23)20-16(15)13-9-11(19)5-8-14(13)24-3/h5,8-9,12,16H,4,6-7H2,1-3H3,(H,20,23). The van der Waals surface area contributed by atoms with E-state index in [2.05, 4.69) is 21.2 Å². The van der Waals surface area contributed by atoms with Crippen molar-refractivity contribution in [2.45, 2.75) is 38.8 Å². The van der Waals surface area contributed by atoms with Gasteiger partial charge < -0.3 is 14.8 Å². The van der Waals surface area contributed by atoms with Gasteiger partial charge in [-0.15, -0.1) is 0 Å². The van der Waals surface area contributed by atoms with Crippen LogP contribution in [0.25, 0.3) is 0 Å². The number of nitrogens with zero attached hydrogens (tertiary/aromatic N) is 1. The van der Waals surface area contributed by atoms with Crippen LogP contribution in [0.1, 0.15) is 38.3 Å². The first kappa shape index (κ1) is 17.8. The van der Waals surface area contributed by atoms with Crippen LogP contribution in [0, 0.1) is 0 Å². The number of ether oxygens (including phenoxy) is 2. The van der Waals surface area contributed by atoms with E-state index in [9.17, 15) is 9.59 Å². The third-order valence-corrected chi connectivity index (χ3v) is 4.93. The molecule has 1 aromatic carbocycles. The maximum absolute atomic E-state index is 12.7. The highest BCUT2D eigenvalue weighted by Crippen LogP contribution is 2.40. The lowest BCUT2D eigenvalue weighted by Gasteiger charge is -2.36. The van der Waals surface area contributed by atoms with Gasteiger partial charge in [0, 0.05) is 21.8 Å². The third kappa shape index (κ3) is 3.38. The molecule has 7 heteroatoms. The summed E-state index contributed by atoms with van der Waals surface area (Å²) in [6.07, 6.45) is 1.90. The number of carbonyl (C=O) groups excluding carboxylic acids is 2. The van der Waals surface area contributed by atoms with Crippen LogP contribution in [0.4, 0.5) is 4.79 Å². The Morgan fingerprint density at radius 3 is 2.72 bits per heavy atom. The predicted molar refractivity (Wildman–Crippen MR) is 96.2 cm³/mol. The maximum Gasteiger partial charge on any atom is 0.338 e. The molecule has 2 amide bonds. The molecule has 1 aliphatic carbocycles. The summed E-state index contributed by atoms with van der Waals surface area (Å²) in [6, 6.07) is 4.85. The highest BCUT2D eigenvalue weighted by molar-refractivity contribution is 9.10. The fraction of sp³-hybridized carbons (Fsp3) is 0.444. The van der Waals surface area contributed by atoms with Gasteiger partial charge in [0.25, 0.3) is 0 Å². The highest BCUT2D eigenvalue weighted by Gasteiger charge is 2.43. The van der Waals surface area contributed by atoms with Gasteiger partial charge in [0.2, 0.25) is 0 Å². The Kier molecular flexibility index (Phi) is 5.03. The zero-order valence-electron chi connectivity index (χ0n) is 14.5. The Morgan fingerprint density at radius 2 is 2.12 bits per heavy atom. The minimum Gasteiger partial charge on any atom is -0.496 e. The number of benzene rings is 1. The Balaban J connectivity index is 2.12. The SMILES string of the molecule is CCOC(=O)C1=C(C)N(C2CC2)C(=O)NC1c1cc(Br)ccc1OC. The van der Waals surface area contributed by atoms with Crippen molar-refractivity contribution in [3.05, 3.63) is 39.5 Å². The topological polar surface area (TPSA) is 67.9 Å². The number of nitrogens with one attached hydrogen (secondary N) is 1. The fourth-order valence-electron chi connectivity index (χ4n) is 3.17. The molecule has 0 aromatic heterocycles. The van der Waals surface area contributed by atoms with Gasteiger partial charge in [0.15, 0.2) is 0 Å². The normalized spacial score (nSPS) is 20.4. The Morgan fingerprint density at radius 1 is 1.40 bits per heavy atom. The number of rotatable bonds is 5. The molecule has 1 atom stereocenters. The van der Waals surface area contributed by atoms with Crippen LogP contribution in [-0.2, 0) is 9.53 Å². The molecule has 134 valence electrons. The van der Waals surface area contributed by atoms with Gasteiger partial charge in [-0.05, 0) is 44.9 Å². The van der Waals surface area contributed by atoms with Crippen LogP contribution in [-0.4, -0.2) is 36.7 Å². The van der Waals surface area contributed by atoms with E-state index in [4.69, 9.17) is 9.47 Å². The number of allylic oxidation sites excluding steroid dienone is 1. The number of urea groups is 1. The van der Waals surface area contributed by atoms with Crippen LogP contribution >= 0.6 is 15.9 Å². The zero-order chi connectivity index (χ0) is 18.1. The van der Waals surface area contributed by atoms with Crippen molar-refractivity contribution in [3.63, 3.8) is 0 Å². The quantitative estimate of drug-likeness (QED) is 0.756. The molecule has 0 saturated heterocycles. The highest BCUT2D eigenvalue weighted by atomic mass is 79.9. The van der Waals surface area contributed by atoms with Crippen molar-refractivity contribution in [1.29, 1.82) is 0 Å². The first-order chi connectivity index (χ1) is 12.0. The molecular weight excluding hydrogens is 388 g/mol. The second-order valence-electron chi connectivity index (χ2n) is 6.09. The minimum absolute atomic E-state index is 0.162. The number of carbonyl (C=O) groups is 2. The van der Waals surface area contributed by atoms with E-state index in [1.54, 1.807) is 31.9 Å². The van der Waals surface area contributed by atoms with Gasteiger partial charge in [-0.2, -0.15) is 0 Å². The number of methoxy groups -OCH3 is 1. The van der Waals surface area contributed by atoms with Crippen LogP contribution < -0.4 is 10.1 Å². The molecule has 3 rings (SSSR count). The summed E-state index contributed by atoms with van der Waals surface area (Å²) in [5.41, 5.74) is 1.81. The average molecular weight is 409 g/mol. The van der Waals surface area contributed by atoms with E-state index in [1.807, 2.05) is 12.1 Å². The summed E-state index contributed by atoms with van der Waals surface area (Å²) in [5.74, 6) is 0.181. The van der Waals surface area contributed by atoms with Crippen LogP contribution in [0.15, 0.2) is 33.9 Å². The first-order valence-electron chi connectivity index (χ1n) is 8.29. The largest absolute Gasteiger partial charge is 0.496 e. The van der Waals surface area contributed by atoms with Crippen molar-refractivity contribution in [3.8, 4) is 5.75 Å². The molecule has 2 aliphatic rings. The number of hydrogen-bond acceptors (Lipinski definition) is 4. The van der Waals surface area contributed by atoms with E-state index < -0.39 is 12.0 Å². The van der Waals surface area contributed by atoms with Crippen molar-refractivity contribution >= 4 is 27.9 Å². The Labute approximate surface area is 155 Å². The summed E-state index contributed by atoms with van der Waals surface area (Å²) >= 11 is 3.44. The first-order valence-corrected chi connectivity index (χ1v) is 9.08. The summed E-state index contributed by atoms with van der Waals surface area (Å²) < 4.78 is 11.5. The second kappa shape index (κ2) is 7.07. The molecule has 1 saturated carbocycles. The molecule has 1 fully saturated rings. The van der Waals surface area contributed by atoms with Crippen LogP contribution in [0.5, 0.6) is 5.75 Å². The average Bonchev–Trinajstić information content (AvgIpc) is 3.39. The van der Waals surface area contributed by atoms with Gasteiger partial charge in [-0.25, -0.2) is 9.59 Å². The third-order valence-electron chi connectivity index (χ3n) is 4.44. The molecule has 1 N–H and O–H groups in total. The van der Waals surface area contributed by atoms with Crippen LogP contribution in [0.2, 0.25) is 0 Å². The molecule has 1 aromatic rings. The van der Waals surface area contributed by atoms with Crippen molar-refractivity contribution in [2.24, 2.45) is 0 Å². The van der Waals surface area contributed by atoms with Crippen molar-refractivity contribution in [2.75, 3.05) is 13.7 Å². The van der Waals surface area contributed by atoms with E-state index in [0.717, 1.165) is 17.3 Å². The lowest BCUT2D eigenvalue weighted by Crippen LogP contribution is -2.49. The van der Waals surface area contributed by atoms with Crippen molar-refractivity contribution in [1.82, 2.24) is 10.2 Å². The van der Waals surface area contributed by atoms with Crippen LogP contribution in [0.3, 0.4) is 0 Å². The van der Waals surface area contributed by atoms with Gasteiger partial charge >= 0.3 is 12.0 Å². The second-order valence-corrected chi connectivity index (χ2v) is 7.01. The summed E-state index contributed by atoms with van der Waals surface area (Å²) in [4.78, 5) is 27.0. The Hall–Kier alpha value is -2.02. The smallest absolute Gasteiger partial charge is 0.338 e. The summed E-state index contributed by atoms with van der Waals surface area (Å²) in [6.45, 7) is 3.85. The molecule has 0 bridgehead atoms. The van der Waals surface area contributed by atoms with E-state index in [-0.39, 0.29) is 18.7 Å². The monoisotopic (exact) mass is 408 g/mol. The number of halogens is 1. The molecule has 0 radical (unpaired) electrons. The van der Waals surface area contributed by atoms with Gasteiger partial charge in [0.05, 0.1) is 25.3 Å². The Bertz CT molecular complexity index is 743. The predicted octanol–water partition coefficient (Wildman–Crippen LogP) is 3.52. The number of hydrogen-bond donors (Lipinski definition) is 1. The zero-order valence-corrected chi connectivity index (χ0v) is 16.1. The molecule has 1 aliphatic heterocycles. The van der Waals surface area contributed by atoms with Crippen molar-refractivity contribution < 1.29 is 19.1 Å². The van der Waals surface area contributed by atoms with Gasteiger partial charge in [0.1, 0.15) is 5.75 Å². The molecular formula is C18H21BrN2O4. The number of amides is 2. The molecule has 1 unspecified atom stereocenters. The number of esters is 1. The van der Waals surface area contributed by atoms with E-state index >= 15 is 0 Å². The summed E-state index contributed by atoms with van der Waals surface area (Å²) in [5, 5.41) is 2.95. The molecule has 0 spiro atoms. The maximum atomic E-state index is 12.7. The van der Waals surface area contributed by atoms with E-state index in [1.165, 1.54) is 0 Å². The summed E-state index contributed by atoms with van der Waals surface area (Å²) in [7, 11) is 1.56. The molecule has 25 heavy (non-hydrogen) atoms. The molecule has 1 heterocycles. The fourth-order valence-corrected chi connectivity index (χ4v) is 3.55. The lowest BCUT2D eigenvalue weighted by molar-refractivity contribution is -0.139. The molecule has 6 nitrogen and oxygen atoms in total.